The second-order valence-electron chi connectivity index (χ2n) is 7.49. The molecule has 0 unspecified atom stereocenters. The standard InChI is InChI=1S/C23H27N3O3/c1-26(19-10-6-8-17-7-4-5-9-18(17)19)15-23-24-22(25-29-23)14-16-11-12-20(27-2)21(13-16)28-3/h4-5,7,9,11-13,19H,6,8,10,14-15H2,1-3H3/t19-/m1/s1. The first-order chi connectivity index (χ1) is 14.2. The van der Waals surface area contributed by atoms with Crippen molar-refractivity contribution in [2.24, 2.45) is 0 Å². The fraction of sp³-hybridized carbons (Fsp3) is 0.391. The largest absolute Gasteiger partial charge is 0.493 e. The van der Waals surface area contributed by atoms with E-state index in [0.29, 0.717) is 42.2 Å². The van der Waals surface area contributed by atoms with Gasteiger partial charge in [-0.3, -0.25) is 4.90 Å². The zero-order chi connectivity index (χ0) is 20.2. The summed E-state index contributed by atoms with van der Waals surface area (Å²) < 4.78 is 16.2. The van der Waals surface area contributed by atoms with E-state index < -0.39 is 0 Å². The zero-order valence-electron chi connectivity index (χ0n) is 17.2. The lowest BCUT2D eigenvalue weighted by atomic mass is 9.87. The second kappa shape index (κ2) is 8.66. The van der Waals surface area contributed by atoms with E-state index >= 15 is 0 Å². The van der Waals surface area contributed by atoms with Crippen LogP contribution in [-0.2, 0) is 19.4 Å². The topological polar surface area (TPSA) is 60.6 Å². The molecular weight excluding hydrogens is 366 g/mol. The van der Waals surface area contributed by atoms with Crippen molar-refractivity contribution in [1.29, 1.82) is 0 Å². The van der Waals surface area contributed by atoms with Crippen LogP contribution in [0.5, 0.6) is 11.5 Å². The molecule has 0 spiro atoms. The minimum Gasteiger partial charge on any atom is -0.493 e. The number of benzene rings is 2. The molecule has 4 rings (SSSR count). The van der Waals surface area contributed by atoms with E-state index in [1.165, 1.54) is 17.5 Å². The van der Waals surface area contributed by atoms with Crippen LogP contribution in [0.15, 0.2) is 47.0 Å². The lowest BCUT2D eigenvalue weighted by Gasteiger charge is -2.32. The average molecular weight is 393 g/mol. The molecule has 0 bridgehead atoms. The van der Waals surface area contributed by atoms with E-state index in [2.05, 4.69) is 46.4 Å². The maximum absolute atomic E-state index is 5.53. The number of hydrogen-bond acceptors (Lipinski definition) is 6. The predicted octanol–water partition coefficient (Wildman–Crippen LogP) is 4.19. The van der Waals surface area contributed by atoms with E-state index in [1.807, 2.05) is 18.2 Å². The van der Waals surface area contributed by atoms with Gasteiger partial charge in [-0.05, 0) is 55.1 Å². The first-order valence-corrected chi connectivity index (χ1v) is 9.98. The number of methoxy groups -OCH3 is 2. The molecule has 6 heteroatoms. The Balaban J connectivity index is 1.43. The molecule has 0 saturated heterocycles. The van der Waals surface area contributed by atoms with Crippen LogP contribution in [0.2, 0.25) is 0 Å². The molecule has 1 aliphatic rings. The number of hydrogen-bond donors (Lipinski definition) is 0. The van der Waals surface area contributed by atoms with Crippen LogP contribution in [-0.4, -0.2) is 36.3 Å². The fourth-order valence-corrected chi connectivity index (χ4v) is 4.11. The van der Waals surface area contributed by atoms with Gasteiger partial charge in [-0.25, -0.2) is 0 Å². The summed E-state index contributed by atoms with van der Waals surface area (Å²) in [6.07, 6.45) is 4.11. The Kier molecular flexibility index (Phi) is 5.81. The molecule has 1 aliphatic carbocycles. The van der Waals surface area contributed by atoms with Crippen molar-refractivity contribution in [3.63, 3.8) is 0 Å². The highest BCUT2D eigenvalue weighted by molar-refractivity contribution is 5.43. The Hall–Kier alpha value is -2.86. The zero-order valence-corrected chi connectivity index (χ0v) is 17.2. The van der Waals surface area contributed by atoms with E-state index in [-0.39, 0.29) is 0 Å². The molecule has 0 saturated carbocycles. The maximum Gasteiger partial charge on any atom is 0.240 e. The minimum absolute atomic E-state index is 0.390. The van der Waals surface area contributed by atoms with Crippen LogP contribution in [0.1, 0.15) is 47.3 Å². The highest BCUT2D eigenvalue weighted by atomic mass is 16.5. The third-order valence-electron chi connectivity index (χ3n) is 5.57. The van der Waals surface area contributed by atoms with E-state index in [4.69, 9.17) is 14.0 Å². The molecule has 1 heterocycles. The van der Waals surface area contributed by atoms with Crippen molar-refractivity contribution in [3.05, 3.63) is 70.9 Å². The summed E-state index contributed by atoms with van der Waals surface area (Å²) in [6.45, 7) is 0.637. The van der Waals surface area contributed by atoms with Gasteiger partial charge in [0.1, 0.15) is 0 Å². The number of rotatable bonds is 7. The Morgan fingerprint density at radius 2 is 1.93 bits per heavy atom. The molecule has 0 amide bonds. The first-order valence-electron chi connectivity index (χ1n) is 9.98. The van der Waals surface area contributed by atoms with E-state index in [1.54, 1.807) is 14.2 Å². The number of ether oxygens (including phenoxy) is 2. The SMILES string of the molecule is COc1ccc(Cc2noc(CN(C)[C@@H]3CCCc4ccccc43)n2)cc1OC. The van der Waals surface area contributed by atoms with Crippen molar-refractivity contribution in [2.45, 2.75) is 38.3 Å². The quantitative estimate of drug-likeness (QED) is 0.600. The molecule has 0 fully saturated rings. The van der Waals surface area contributed by atoms with E-state index in [0.717, 1.165) is 18.4 Å². The van der Waals surface area contributed by atoms with Crippen LogP contribution < -0.4 is 9.47 Å². The summed E-state index contributed by atoms with van der Waals surface area (Å²) in [6, 6.07) is 14.9. The molecule has 3 aromatic rings. The van der Waals surface area contributed by atoms with Gasteiger partial charge in [0.25, 0.3) is 0 Å². The van der Waals surface area contributed by atoms with Crippen LogP contribution in [0, 0.1) is 0 Å². The monoisotopic (exact) mass is 393 g/mol. The number of fused-ring (bicyclic) bond motifs is 1. The predicted molar refractivity (Wildman–Crippen MR) is 110 cm³/mol. The Morgan fingerprint density at radius 1 is 1.10 bits per heavy atom. The molecule has 1 atom stereocenters. The molecule has 2 aromatic carbocycles. The van der Waals surface area contributed by atoms with Crippen LogP contribution >= 0.6 is 0 Å². The fourth-order valence-electron chi connectivity index (χ4n) is 4.11. The molecule has 29 heavy (non-hydrogen) atoms. The van der Waals surface area contributed by atoms with Gasteiger partial charge >= 0.3 is 0 Å². The lowest BCUT2D eigenvalue weighted by Crippen LogP contribution is -2.27. The van der Waals surface area contributed by atoms with Crippen LogP contribution in [0.3, 0.4) is 0 Å². The van der Waals surface area contributed by atoms with Gasteiger partial charge in [-0.1, -0.05) is 35.5 Å². The molecule has 0 aliphatic heterocycles. The summed E-state index contributed by atoms with van der Waals surface area (Å²) in [5.74, 6) is 2.72. The maximum atomic E-state index is 5.53. The van der Waals surface area contributed by atoms with Gasteiger partial charge < -0.3 is 14.0 Å². The van der Waals surface area contributed by atoms with Gasteiger partial charge in [-0.2, -0.15) is 4.98 Å². The molecule has 0 N–H and O–H groups in total. The molecule has 6 nitrogen and oxygen atoms in total. The van der Waals surface area contributed by atoms with Crippen molar-refractivity contribution < 1.29 is 14.0 Å². The smallest absolute Gasteiger partial charge is 0.240 e. The van der Waals surface area contributed by atoms with Crippen molar-refractivity contribution in [1.82, 2.24) is 15.0 Å². The third-order valence-corrected chi connectivity index (χ3v) is 5.57. The Morgan fingerprint density at radius 3 is 2.76 bits per heavy atom. The van der Waals surface area contributed by atoms with Crippen molar-refractivity contribution >= 4 is 0 Å². The molecule has 0 radical (unpaired) electrons. The molecular formula is C23H27N3O3. The number of nitrogens with zero attached hydrogens (tertiary/aromatic N) is 3. The molecule has 152 valence electrons. The highest BCUT2D eigenvalue weighted by Gasteiger charge is 2.24. The third kappa shape index (κ3) is 4.27. The normalized spacial score (nSPS) is 15.9. The van der Waals surface area contributed by atoms with Gasteiger partial charge in [0.15, 0.2) is 17.3 Å². The molecule has 1 aromatic heterocycles. The van der Waals surface area contributed by atoms with Gasteiger partial charge in [0, 0.05) is 12.5 Å². The number of aryl methyl sites for hydroxylation is 1. The van der Waals surface area contributed by atoms with Crippen LogP contribution in [0.25, 0.3) is 0 Å². The summed E-state index contributed by atoms with van der Waals surface area (Å²) in [5.41, 5.74) is 3.92. The van der Waals surface area contributed by atoms with Gasteiger partial charge in [-0.15, -0.1) is 0 Å². The van der Waals surface area contributed by atoms with Gasteiger partial charge in [0.05, 0.1) is 20.8 Å². The second-order valence-corrected chi connectivity index (χ2v) is 7.49. The Labute approximate surface area is 171 Å². The summed E-state index contributed by atoms with van der Waals surface area (Å²) >= 11 is 0. The summed E-state index contributed by atoms with van der Waals surface area (Å²) in [7, 11) is 5.39. The minimum atomic E-state index is 0.390. The van der Waals surface area contributed by atoms with E-state index in [9.17, 15) is 0 Å². The summed E-state index contributed by atoms with van der Waals surface area (Å²) in [4.78, 5) is 6.91. The van der Waals surface area contributed by atoms with Crippen molar-refractivity contribution in [3.8, 4) is 11.5 Å². The highest BCUT2D eigenvalue weighted by Crippen LogP contribution is 2.34. The summed E-state index contributed by atoms with van der Waals surface area (Å²) in [5, 5.41) is 4.17. The first kappa shape index (κ1) is 19.5. The number of aromatic nitrogens is 2. The van der Waals surface area contributed by atoms with Crippen LogP contribution in [0.4, 0.5) is 0 Å². The van der Waals surface area contributed by atoms with Crippen molar-refractivity contribution in [2.75, 3.05) is 21.3 Å². The average Bonchev–Trinajstić information content (AvgIpc) is 3.19. The van der Waals surface area contributed by atoms with Gasteiger partial charge in [0.2, 0.25) is 5.89 Å². The lowest BCUT2D eigenvalue weighted by molar-refractivity contribution is 0.187. The Bertz CT molecular complexity index is 970.